The lowest BCUT2D eigenvalue weighted by atomic mass is 10.00. The summed E-state index contributed by atoms with van der Waals surface area (Å²) >= 11 is 6.00. The number of esters is 1. The minimum atomic E-state index is -1.83. The number of rotatable bonds is 26. The van der Waals surface area contributed by atoms with E-state index >= 15 is 0 Å². The van der Waals surface area contributed by atoms with Gasteiger partial charge in [0.2, 0.25) is 65.0 Å². The summed E-state index contributed by atoms with van der Waals surface area (Å²) < 4.78 is 5.31. The summed E-state index contributed by atoms with van der Waals surface area (Å²) in [4.78, 5) is 172. The van der Waals surface area contributed by atoms with E-state index in [1.54, 1.807) is 50.2 Å². The highest BCUT2D eigenvalue weighted by atomic mass is 35.5. The molecule has 2 aromatic carbocycles. The summed E-state index contributed by atoms with van der Waals surface area (Å²) in [6, 6.07) is 1.27. The average molecular weight is 1320 g/mol. The Morgan fingerprint density at radius 1 is 0.591 bits per heavy atom. The molecule has 0 spiro atoms. The number of nitrogens with one attached hydrogen (secondary N) is 11. The van der Waals surface area contributed by atoms with E-state index in [4.69, 9.17) is 45.0 Å². The van der Waals surface area contributed by atoms with Crippen LogP contribution in [0.5, 0.6) is 5.88 Å². The van der Waals surface area contributed by atoms with Crippen molar-refractivity contribution in [3.8, 4) is 5.88 Å². The van der Waals surface area contributed by atoms with Crippen molar-refractivity contribution in [2.45, 2.75) is 152 Å². The Morgan fingerprint density at radius 3 is 1.68 bits per heavy atom. The van der Waals surface area contributed by atoms with Gasteiger partial charge in [-0.1, -0.05) is 61.8 Å². The van der Waals surface area contributed by atoms with Crippen LogP contribution in [0.2, 0.25) is 5.02 Å². The van der Waals surface area contributed by atoms with Crippen LogP contribution in [0, 0.1) is 5.92 Å². The number of nitrogens with two attached hydrogens (primary N) is 5. The Balaban J connectivity index is 1.68. The highest BCUT2D eigenvalue weighted by Gasteiger charge is 2.38. The van der Waals surface area contributed by atoms with Gasteiger partial charge in [0.15, 0.2) is 0 Å². The molecular formula is C60H88ClN17O15. The second-order valence-electron chi connectivity index (χ2n) is 22.5. The predicted molar refractivity (Wildman–Crippen MR) is 338 cm³/mol. The second-order valence-corrected chi connectivity index (χ2v) is 22.9. The monoisotopic (exact) mass is 1320 g/mol. The van der Waals surface area contributed by atoms with Gasteiger partial charge in [0, 0.05) is 35.8 Å². The summed E-state index contributed by atoms with van der Waals surface area (Å²) in [5.74, 6) is -12.0. The van der Waals surface area contributed by atoms with Crippen molar-refractivity contribution in [3.05, 3.63) is 94.6 Å². The fourth-order valence-corrected chi connectivity index (χ4v) is 9.68. The largest absolute Gasteiger partial charge is 0.404 e. The highest BCUT2D eigenvalue weighted by molar-refractivity contribution is 6.31. The number of carbonyl (C=O) groups excluding carboxylic acids is 12. The summed E-state index contributed by atoms with van der Waals surface area (Å²) in [6.45, 7) is 4.39. The van der Waals surface area contributed by atoms with Crippen LogP contribution in [0.4, 0.5) is 0 Å². The van der Waals surface area contributed by atoms with Crippen molar-refractivity contribution in [2.75, 3.05) is 39.3 Å². The standard InChI is InChI=1S/C60H88ClN17O15/c1-31(2)27-44-56(88)72-38(13-20-62)50(82)71-42(17-24-66)55(87)77-47(32(3)79)58(90)68-26-19-43(53(85)70-39(14-21-63)52(84)76-45(57(89)75-44)28-34-9-6-5-7-10-34)73-51(83)40(15-22-64)74-59(91)48(33(4)80)78-54(86)41(16-23-65)69-49(81)35-18-25-67-46(30-35)93-60(92)36-11-8-12-37(61)29-36/h5-12,18,25,29-33,38-45,47-48,79-80H,13-17,19-24,26-28,62-66H2,1-4H3,(H,68,90)(H,69,81)(H,70,85)(H,71,82)(H,72,88)(H,73,83)(H,74,91)(H,75,89)(H,76,84)(H,77,87)(H,78,86)/t32?,33?,38-,39-,40-,41-,42-,43-,44-,45+,47-,48-/m0/s1. The van der Waals surface area contributed by atoms with Gasteiger partial charge in [-0.25, -0.2) is 9.78 Å². The van der Waals surface area contributed by atoms with E-state index in [1.807, 2.05) is 0 Å². The Kier molecular flexibility index (Phi) is 32.1. The van der Waals surface area contributed by atoms with Crippen LogP contribution >= 0.6 is 11.6 Å². The molecule has 2 unspecified atom stereocenters. The first-order chi connectivity index (χ1) is 44.2. The number of hydrogen-bond acceptors (Lipinski definition) is 21. The average Bonchev–Trinajstić information content (AvgIpc) is 1.36. The van der Waals surface area contributed by atoms with Crippen molar-refractivity contribution in [1.82, 2.24) is 63.5 Å². The molecule has 0 saturated carbocycles. The molecule has 3 aromatic rings. The molecule has 33 heteroatoms. The van der Waals surface area contributed by atoms with Crippen molar-refractivity contribution in [2.24, 2.45) is 34.6 Å². The first-order valence-electron chi connectivity index (χ1n) is 30.4. The molecule has 510 valence electrons. The van der Waals surface area contributed by atoms with Crippen LogP contribution in [0.15, 0.2) is 72.9 Å². The van der Waals surface area contributed by atoms with Gasteiger partial charge in [-0.2, -0.15) is 0 Å². The maximum atomic E-state index is 14.6. The van der Waals surface area contributed by atoms with Gasteiger partial charge in [0.05, 0.1) is 17.8 Å². The van der Waals surface area contributed by atoms with Crippen LogP contribution in [-0.2, 0) is 54.4 Å². The number of benzene rings is 2. The lowest BCUT2D eigenvalue weighted by molar-refractivity contribution is -0.136. The van der Waals surface area contributed by atoms with Crippen LogP contribution in [0.1, 0.15) is 98.9 Å². The van der Waals surface area contributed by atoms with Crippen molar-refractivity contribution < 1.29 is 72.5 Å². The minimum Gasteiger partial charge on any atom is -0.404 e. The number of hydrogen-bond donors (Lipinski definition) is 18. The Labute approximate surface area is 542 Å². The molecule has 4 rings (SSSR count). The van der Waals surface area contributed by atoms with E-state index in [2.05, 4.69) is 63.5 Å². The molecule has 2 heterocycles. The summed E-state index contributed by atoms with van der Waals surface area (Å²) in [5.41, 5.74) is 30.0. The fraction of sp³-hybridized carbons (Fsp3) is 0.517. The van der Waals surface area contributed by atoms with Crippen molar-refractivity contribution in [1.29, 1.82) is 0 Å². The molecule has 1 aliphatic heterocycles. The number of aliphatic hydroxyl groups is 2. The van der Waals surface area contributed by atoms with Crippen LogP contribution in [0.25, 0.3) is 0 Å². The first-order valence-corrected chi connectivity index (χ1v) is 30.8. The SMILES string of the molecule is CC(C)C[C@@H]1NC(=O)[C@@H](Cc2ccccc2)NC(=O)[C@H](CCN)NC(=O)[C@@H](NC(=O)[C@H](CCN)NC(=O)[C@@H](NC(=O)[C@H](CCN)NC(=O)c2ccnc(OC(=O)c3cccc(Cl)c3)c2)C(C)O)CCNC(=O)[C@H](C(C)O)NC(=O)[C@H](CCN)NC(=O)[C@H](CCN)NC1=O. The predicted octanol–water partition coefficient (Wildman–Crippen LogP) is -5.27. The Hall–Kier alpha value is -8.76. The van der Waals surface area contributed by atoms with Gasteiger partial charge in [0.25, 0.3) is 5.91 Å². The van der Waals surface area contributed by atoms with Crippen molar-refractivity contribution in [3.63, 3.8) is 0 Å². The Morgan fingerprint density at radius 2 is 1.13 bits per heavy atom. The van der Waals surface area contributed by atoms with Crippen LogP contribution in [-0.4, -0.2) is 198 Å². The van der Waals surface area contributed by atoms with E-state index in [0.29, 0.717) is 5.56 Å². The van der Waals surface area contributed by atoms with Gasteiger partial charge in [-0.05, 0) is 127 Å². The molecule has 12 atom stereocenters. The number of amides is 11. The third-order valence-electron chi connectivity index (χ3n) is 14.4. The maximum Gasteiger partial charge on any atom is 0.344 e. The molecule has 0 aliphatic carbocycles. The number of nitrogens with zero attached hydrogens (tertiary/aromatic N) is 1. The van der Waals surface area contributed by atoms with Gasteiger partial charge < -0.3 is 102 Å². The smallest absolute Gasteiger partial charge is 0.344 e. The van der Waals surface area contributed by atoms with E-state index in [1.165, 1.54) is 37.4 Å². The minimum absolute atomic E-state index is 0.0253. The first kappa shape index (κ1) is 76.7. The van der Waals surface area contributed by atoms with E-state index < -0.39 is 157 Å². The molecule has 23 N–H and O–H groups in total. The molecule has 11 amide bonds. The molecular weight excluding hydrogens is 1230 g/mol. The quantitative estimate of drug-likeness (QED) is 0.0334. The molecule has 1 fully saturated rings. The summed E-state index contributed by atoms with van der Waals surface area (Å²) in [6.07, 6.45) is -3.88. The number of ether oxygens (including phenoxy) is 1. The zero-order valence-electron chi connectivity index (χ0n) is 52.2. The van der Waals surface area contributed by atoms with Gasteiger partial charge in [0.1, 0.15) is 60.4 Å². The Bertz CT molecular complexity index is 3050. The number of aliphatic hydroxyl groups excluding tert-OH is 2. The topological polar surface area (TPSA) is 530 Å². The number of halogens is 1. The van der Waals surface area contributed by atoms with Gasteiger partial charge in [-0.15, -0.1) is 0 Å². The van der Waals surface area contributed by atoms with E-state index in [-0.39, 0.29) is 106 Å². The number of carbonyl (C=O) groups is 12. The molecule has 0 radical (unpaired) electrons. The summed E-state index contributed by atoms with van der Waals surface area (Å²) in [5, 5.41) is 49.7. The molecule has 1 saturated heterocycles. The van der Waals surface area contributed by atoms with Gasteiger partial charge >= 0.3 is 5.97 Å². The highest BCUT2D eigenvalue weighted by Crippen LogP contribution is 2.17. The lowest BCUT2D eigenvalue weighted by Crippen LogP contribution is -2.62. The fourth-order valence-electron chi connectivity index (χ4n) is 9.49. The number of aromatic nitrogens is 1. The second kappa shape index (κ2) is 38.9. The molecule has 1 aromatic heterocycles. The lowest BCUT2D eigenvalue weighted by Gasteiger charge is -2.29. The van der Waals surface area contributed by atoms with Crippen LogP contribution < -0.4 is 91.9 Å². The zero-order chi connectivity index (χ0) is 68.9. The third-order valence-corrected chi connectivity index (χ3v) is 14.7. The van der Waals surface area contributed by atoms with Gasteiger partial charge in [-0.3, -0.25) is 52.7 Å². The zero-order valence-corrected chi connectivity index (χ0v) is 53.0. The third kappa shape index (κ3) is 25.0. The normalized spacial score (nSPS) is 21.4. The number of pyridine rings is 1. The molecule has 1 aliphatic rings. The molecule has 32 nitrogen and oxygen atoms in total. The maximum absolute atomic E-state index is 14.6. The van der Waals surface area contributed by atoms with Crippen LogP contribution in [0.3, 0.4) is 0 Å². The van der Waals surface area contributed by atoms with Crippen molar-refractivity contribution >= 4 is 82.5 Å². The van der Waals surface area contributed by atoms with E-state index in [9.17, 15) is 67.7 Å². The van der Waals surface area contributed by atoms with E-state index in [0.717, 1.165) is 13.0 Å². The molecule has 0 bridgehead atoms. The molecule has 93 heavy (non-hydrogen) atoms. The summed E-state index contributed by atoms with van der Waals surface area (Å²) in [7, 11) is 0.